The van der Waals surface area contributed by atoms with Crippen molar-refractivity contribution in [3.05, 3.63) is 12.2 Å². The van der Waals surface area contributed by atoms with Crippen LogP contribution in [0.2, 0.25) is 0 Å². The Hall–Kier alpha value is -0.940. The van der Waals surface area contributed by atoms with Crippen molar-refractivity contribution in [1.82, 2.24) is 10.1 Å². The Labute approximate surface area is 76.3 Å². The van der Waals surface area contributed by atoms with Gasteiger partial charge in [-0.1, -0.05) is 5.16 Å². The normalized spacial score (nSPS) is 30.6. The van der Waals surface area contributed by atoms with E-state index in [0.717, 1.165) is 12.8 Å². The molecule has 2 N–H and O–H groups in total. The molecular formula is C8H13N3O2. The predicted molar refractivity (Wildman–Crippen MR) is 44.8 cm³/mol. The van der Waals surface area contributed by atoms with Crippen LogP contribution in [0.5, 0.6) is 0 Å². The van der Waals surface area contributed by atoms with Gasteiger partial charge in [0.2, 0.25) is 6.39 Å². The second-order valence-electron chi connectivity index (χ2n) is 3.38. The van der Waals surface area contributed by atoms with E-state index in [1.54, 1.807) is 0 Å². The van der Waals surface area contributed by atoms with Gasteiger partial charge >= 0.3 is 0 Å². The lowest BCUT2D eigenvalue weighted by molar-refractivity contribution is 0.0380. The van der Waals surface area contributed by atoms with Crippen molar-refractivity contribution >= 4 is 0 Å². The molecule has 13 heavy (non-hydrogen) atoms. The highest BCUT2D eigenvalue weighted by Crippen LogP contribution is 2.26. The summed E-state index contributed by atoms with van der Waals surface area (Å²) in [5.41, 5.74) is 5.90. The molecule has 3 unspecified atom stereocenters. The quantitative estimate of drug-likeness (QED) is 0.728. The molecule has 1 fully saturated rings. The Bertz CT molecular complexity index is 262. The van der Waals surface area contributed by atoms with Crippen molar-refractivity contribution in [3.63, 3.8) is 0 Å². The first-order valence-electron chi connectivity index (χ1n) is 4.44. The fourth-order valence-corrected chi connectivity index (χ4v) is 1.59. The molecule has 5 nitrogen and oxygen atoms in total. The van der Waals surface area contributed by atoms with Crippen LogP contribution in [-0.2, 0) is 4.74 Å². The molecule has 0 spiro atoms. The monoisotopic (exact) mass is 183 g/mol. The van der Waals surface area contributed by atoms with E-state index in [9.17, 15) is 0 Å². The molecule has 1 aliphatic heterocycles. The lowest BCUT2D eigenvalue weighted by Crippen LogP contribution is -2.27. The van der Waals surface area contributed by atoms with E-state index < -0.39 is 0 Å². The standard InChI is InChI=1S/C8H13N3O2/c1-5-2-3-6(13-5)7(9)8-10-4-12-11-8/h4-7H,2-3,9H2,1H3. The van der Waals surface area contributed by atoms with Crippen molar-refractivity contribution in [1.29, 1.82) is 0 Å². The summed E-state index contributed by atoms with van der Waals surface area (Å²) in [6, 6.07) is -0.260. The molecular weight excluding hydrogens is 170 g/mol. The highest BCUT2D eigenvalue weighted by atomic mass is 16.5. The molecule has 0 aliphatic carbocycles. The van der Waals surface area contributed by atoms with Gasteiger partial charge in [0.25, 0.3) is 0 Å². The first-order valence-corrected chi connectivity index (χ1v) is 4.44. The van der Waals surface area contributed by atoms with Gasteiger partial charge in [-0.2, -0.15) is 4.98 Å². The maximum atomic E-state index is 5.90. The number of hydrogen-bond donors (Lipinski definition) is 1. The maximum absolute atomic E-state index is 5.90. The van der Waals surface area contributed by atoms with E-state index in [0.29, 0.717) is 11.9 Å². The van der Waals surface area contributed by atoms with Gasteiger partial charge in [0.1, 0.15) is 0 Å². The minimum atomic E-state index is -0.260. The van der Waals surface area contributed by atoms with Gasteiger partial charge < -0.3 is 15.0 Å². The van der Waals surface area contributed by atoms with E-state index in [1.807, 2.05) is 6.92 Å². The molecule has 1 saturated heterocycles. The first-order chi connectivity index (χ1) is 6.27. The van der Waals surface area contributed by atoms with E-state index >= 15 is 0 Å². The van der Waals surface area contributed by atoms with Gasteiger partial charge in [0.15, 0.2) is 5.82 Å². The van der Waals surface area contributed by atoms with Gasteiger partial charge in [-0.3, -0.25) is 0 Å². The molecule has 2 rings (SSSR count). The minimum Gasteiger partial charge on any atom is -0.373 e. The first kappa shape index (κ1) is 8.65. The topological polar surface area (TPSA) is 74.2 Å². The molecule has 1 aromatic heterocycles. The highest BCUT2D eigenvalue weighted by Gasteiger charge is 2.30. The molecule has 0 saturated carbocycles. The summed E-state index contributed by atoms with van der Waals surface area (Å²) in [7, 11) is 0. The Morgan fingerprint density at radius 1 is 1.62 bits per heavy atom. The summed E-state index contributed by atoms with van der Waals surface area (Å²) in [6.45, 7) is 2.04. The second-order valence-corrected chi connectivity index (χ2v) is 3.38. The van der Waals surface area contributed by atoms with Gasteiger partial charge in [-0.25, -0.2) is 0 Å². The molecule has 1 aliphatic rings. The summed E-state index contributed by atoms with van der Waals surface area (Å²) in [5, 5.41) is 3.69. The van der Waals surface area contributed by atoms with Crippen molar-refractivity contribution in [2.24, 2.45) is 5.73 Å². The fourth-order valence-electron chi connectivity index (χ4n) is 1.59. The SMILES string of the molecule is CC1CCC(C(N)c2ncon2)O1. The number of ether oxygens (including phenoxy) is 1. The Balaban J connectivity index is 2.02. The van der Waals surface area contributed by atoms with E-state index in [2.05, 4.69) is 14.7 Å². The summed E-state index contributed by atoms with van der Waals surface area (Å²) in [5.74, 6) is 0.527. The van der Waals surface area contributed by atoms with Crippen LogP contribution in [0.15, 0.2) is 10.9 Å². The van der Waals surface area contributed by atoms with E-state index in [-0.39, 0.29) is 12.1 Å². The van der Waals surface area contributed by atoms with Gasteiger partial charge in [0.05, 0.1) is 18.2 Å². The zero-order chi connectivity index (χ0) is 9.26. The van der Waals surface area contributed by atoms with E-state index in [1.165, 1.54) is 6.39 Å². The predicted octanol–water partition coefficient (Wildman–Crippen LogP) is 0.637. The molecule has 0 amide bonds. The van der Waals surface area contributed by atoms with Gasteiger partial charge in [0, 0.05) is 0 Å². The number of hydrogen-bond acceptors (Lipinski definition) is 5. The Morgan fingerprint density at radius 2 is 2.46 bits per heavy atom. The number of nitrogens with two attached hydrogens (primary N) is 1. The molecule has 0 bridgehead atoms. The zero-order valence-corrected chi connectivity index (χ0v) is 7.51. The summed E-state index contributed by atoms with van der Waals surface area (Å²) < 4.78 is 10.2. The smallest absolute Gasteiger partial charge is 0.213 e. The average Bonchev–Trinajstić information content (AvgIpc) is 2.72. The lowest BCUT2D eigenvalue weighted by Gasteiger charge is -2.15. The highest BCUT2D eigenvalue weighted by molar-refractivity contribution is 4.94. The Morgan fingerprint density at radius 3 is 3.00 bits per heavy atom. The molecule has 72 valence electrons. The molecule has 5 heteroatoms. The third kappa shape index (κ3) is 1.71. The van der Waals surface area contributed by atoms with Crippen LogP contribution in [0.4, 0.5) is 0 Å². The van der Waals surface area contributed by atoms with Crippen LogP contribution in [0.25, 0.3) is 0 Å². The molecule has 2 heterocycles. The largest absolute Gasteiger partial charge is 0.373 e. The van der Waals surface area contributed by atoms with Crippen molar-refractivity contribution in [3.8, 4) is 0 Å². The van der Waals surface area contributed by atoms with Gasteiger partial charge in [-0.15, -0.1) is 0 Å². The zero-order valence-electron chi connectivity index (χ0n) is 7.51. The summed E-state index contributed by atoms with van der Waals surface area (Å²) in [4.78, 5) is 3.90. The lowest BCUT2D eigenvalue weighted by atomic mass is 10.1. The van der Waals surface area contributed by atoms with Crippen LogP contribution in [0.1, 0.15) is 31.6 Å². The average molecular weight is 183 g/mol. The number of aromatic nitrogens is 2. The minimum absolute atomic E-state index is 0.0348. The van der Waals surface area contributed by atoms with Crippen molar-refractivity contribution < 1.29 is 9.26 Å². The van der Waals surface area contributed by atoms with Crippen LogP contribution in [0, 0.1) is 0 Å². The maximum Gasteiger partial charge on any atom is 0.213 e. The Kier molecular flexibility index (Phi) is 2.28. The molecule has 0 aromatic carbocycles. The summed E-state index contributed by atoms with van der Waals surface area (Å²) >= 11 is 0. The molecule has 3 atom stereocenters. The van der Waals surface area contributed by atoms with E-state index in [4.69, 9.17) is 10.5 Å². The second kappa shape index (κ2) is 3.43. The third-order valence-corrected chi connectivity index (χ3v) is 2.34. The van der Waals surface area contributed by atoms with Crippen LogP contribution in [0.3, 0.4) is 0 Å². The van der Waals surface area contributed by atoms with Crippen LogP contribution >= 0.6 is 0 Å². The van der Waals surface area contributed by atoms with Crippen LogP contribution in [-0.4, -0.2) is 22.3 Å². The molecule has 1 aromatic rings. The third-order valence-electron chi connectivity index (χ3n) is 2.34. The van der Waals surface area contributed by atoms with Gasteiger partial charge in [-0.05, 0) is 19.8 Å². The fraction of sp³-hybridized carbons (Fsp3) is 0.750. The van der Waals surface area contributed by atoms with Crippen molar-refractivity contribution in [2.75, 3.05) is 0 Å². The number of nitrogens with zero attached hydrogens (tertiary/aromatic N) is 2. The molecule has 0 radical (unpaired) electrons. The van der Waals surface area contributed by atoms with Crippen LogP contribution < -0.4 is 5.73 Å². The van der Waals surface area contributed by atoms with Crippen molar-refractivity contribution in [2.45, 2.75) is 38.0 Å². The number of rotatable bonds is 2. The summed E-state index contributed by atoms with van der Waals surface area (Å²) in [6.07, 6.45) is 3.64.